The van der Waals surface area contributed by atoms with Crippen LogP contribution in [0.3, 0.4) is 0 Å². The maximum Gasteiger partial charge on any atom is 0.252 e. The van der Waals surface area contributed by atoms with Gasteiger partial charge in [0, 0.05) is 11.1 Å². The number of carbonyl (C=O) groups is 2. The van der Waals surface area contributed by atoms with Crippen molar-refractivity contribution in [2.45, 2.75) is 12.8 Å². The summed E-state index contributed by atoms with van der Waals surface area (Å²) in [6.07, 6.45) is 1.52. The average Bonchev–Trinajstić information content (AvgIpc) is 2.45. The average molecular weight is 307 g/mol. The minimum absolute atomic E-state index is 0.293. The molecule has 0 atom stereocenters. The number of benzene rings is 2. The molecule has 4 heteroatoms. The van der Waals surface area contributed by atoms with Gasteiger partial charge in [0.25, 0.3) is 10.5 Å². The van der Waals surface area contributed by atoms with Crippen molar-refractivity contribution < 1.29 is 9.59 Å². The summed E-state index contributed by atoms with van der Waals surface area (Å²) >= 11 is 11.0. The van der Waals surface area contributed by atoms with Crippen LogP contribution in [0.15, 0.2) is 48.5 Å². The smallest absolute Gasteiger partial charge is 0.252 e. The predicted octanol–water partition coefficient (Wildman–Crippen LogP) is 4.23. The van der Waals surface area contributed by atoms with Crippen LogP contribution in [0.1, 0.15) is 31.8 Å². The third-order valence-electron chi connectivity index (χ3n) is 2.99. The summed E-state index contributed by atoms with van der Waals surface area (Å²) in [6.45, 7) is 0. The van der Waals surface area contributed by atoms with Crippen molar-refractivity contribution in [2.24, 2.45) is 0 Å². The van der Waals surface area contributed by atoms with Crippen LogP contribution in [0.25, 0.3) is 0 Å². The molecule has 20 heavy (non-hydrogen) atoms. The first-order valence-electron chi connectivity index (χ1n) is 6.14. The molecule has 0 fully saturated rings. The fraction of sp³-hybridized carbons (Fsp3) is 0.125. The molecule has 0 saturated carbocycles. The molecular formula is C16H12Cl2O2. The first kappa shape index (κ1) is 14.8. The molecule has 0 aromatic heterocycles. The number of hydrogen-bond donors (Lipinski definition) is 0. The highest BCUT2D eigenvalue weighted by molar-refractivity contribution is 6.69. The standard InChI is InChI=1S/C16H12Cl2O2/c17-15(19)13-8-12(9-14(10-13)16(18)20)7-6-11-4-2-1-3-5-11/h1-5,8-10H,6-7H2. The largest absolute Gasteiger partial charge is 0.276 e. The highest BCUT2D eigenvalue weighted by Gasteiger charge is 2.10. The fourth-order valence-electron chi connectivity index (χ4n) is 2.00. The van der Waals surface area contributed by atoms with Crippen molar-refractivity contribution in [1.82, 2.24) is 0 Å². The van der Waals surface area contributed by atoms with Crippen LogP contribution in [-0.2, 0) is 12.8 Å². The molecule has 102 valence electrons. The lowest BCUT2D eigenvalue weighted by Gasteiger charge is -2.06. The zero-order chi connectivity index (χ0) is 14.5. The monoisotopic (exact) mass is 306 g/mol. The number of rotatable bonds is 5. The number of hydrogen-bond acceptors (Lipinski definition) is 2. The second-order valence-corrected chi connectivity index (χ2v) is 5.14. The van der Waals surface area contributed by atoms with Crippen molar-refractivity contribution in [2.75, 3.05) is 0 Å². The molecule has 2 aromatic rings. The van der Waals surface area contributed by atoms with Crippen molar-refractivity contribution >= 4 is 33.7 Å². The van der Waals surface area contributed by atoms with Gasteiger partial charge in [-0.25, -0.2) is 0 Å². The Morgan fingerprint density at radius 1 is 0.750 bits per heavy atom. The zero-order valence-corrected chi connectivity index (χ0v) is 12.1. The van der Waals surface area contributed by atoms with E-state index in [0.29, 0.717) is 17.5 Å². The number of halogens is 2. The first-order chi connectivity index (χ1) is 9.56. The second kappa shape index (κ2) is 6.69. The van der Waals surface area contributed by atoms with Gasteiger partial charge in [-0.1, -0.05) is 30.3 Å². The molecule has 2 rings (SSSR count). The van der Waals surface area contributed by atoms with Gasteiger partial charge in [0.1, 0.15) is 0 Å². The Hall–Kier alpha value is -1.64. The first-order valence-corrected chi connectivity index (χ1v) is 6.89. The van der Waals surface area contributed by atoms with Crippen LogP contribution >= 0.6 is 23.2 Å². The molecule has 0 bridgehead atoms. The maximum atomic E-state index is 11.3. The Bertz CT molecular complexity index is 604. The molecule has 0 amide bonds. The summed E-state index contributed by atoms with van der Waals surface area (Å²) < 4.78 is 0. The lowest BCUT2D eigenvalue weighted by Crippen LogP contribution is -2.00. The fourth-order valence-corrected chi connectivity index (χ4v) is 2.21. The molecule has 0 unspecified atom stereocenters. The van der Waals surface area contributed by atoms with E-state index in [1.807, 2.05) is 30.3 Å². The van der Waals surface area contributed by atoms with Gasteiger partial charge in [-0.2, -0.15) is 0 Å². The van der Waals surface area contributed by atoms with Crippen molar-refractivity contribution in [3.05, 3.63) is 70.8 Å². The quantitative estimate of drug-likeness (QED) is 0.775. The molecule has 2 aromatic carbocycles. The van der Waals surface area contributed by atoms with E-state index in [1.165, 1.54) is 11.6 Å². The van der Waals surface area contributed by atoms with E-state index in [1.54, 1.807) is 12.1 Å². The Labute approximate surface area is 127 Å². The van der Waals surface area contributed by atoms with Gasteiger partial charge >= 0.3 is 0 Å². The number of aryl methyl sites for hydroxylation is 2. The molecule has 0 aliphatic heterocycles. The molecule has 2 nitrogen and oxygen atoms in total. The zero-order valence-electron chi connectivity index (χ0n) is 10.6. The predicted molar refractivity (Wildman–Crippen MR) is 80.7 cm³/mol. The van der Waals surface area contributed by atoms with E-state index in [-0.39, 0.29) is 0 Å². The lowest BCUT2D eigenvalue weighted by atomic mass is 10.0. The molecule has 0 aliphatic carbocycles. The Kier molecular flexibility index (Phi) is 4.94. The third-order valence-corrected chi connectivity index (χ3v) is 3.43. The summed E-state index contributed by atoms with van der Waals surface area (Å²) in [7, 11) is 0. The van der Waals surface area contributed by atoms with Gasteiger partial charge in [-0.05, 0) is 65.4 Å². The van der Waals surface area contributed by atoms with Gasteiger partial charge in [-0.15, -0.1) is 0 Å². The van der Waals surface area contributed by atoms with E-state index in [2.05, 4.69) is 0 Å². The molecule has 0 saturated heterocycles. The Morgan fingerprint density at radius 2 is 1.25 bits per heavy atom. The highest BCUT2D eigenvalue weighted by Crippen LogP contribution is 2.16. The normalized spacial score (nSPS) is 10.3. The number of carbonyl (C=O) groups excluding carboxylic acids is 2. The maximum absolute atomic E-state index is 11.3. The molecular weight excluding hydrogens is 295 g/mol. The van der Waals surface area contributed by atoms with Crippen LogP contribution < -0.4 is 0 Å². The third kappa shape index (κ3) is 3.92. The van der Waals surface area contributed by atoms with Crippen LogP contribution in [-0.4, -0.2) is 10.5 Å². The van der Waals surface area contributed by atoms with Crippen LogP contribution in [0.5, 0.6) is 0 Å². The van der Waals surface area contributed by atoms with Crippen molar-refractivity contribution in [3.63, 3.8) is 0 Å². The van der Waals surface area contributed by atoms with E-state index < -0.39 is 10.5 Å². The van der Waals surface area contributed by atoms with E-state index in [9.17, 15) is 9.59 Å². The highest BCUT2D eigenvalue weighted by atomic mass is 35.5. The Balaban J connectivity index is 2.22. The van der Waals surface area contributed by atoms with E-state index >= 15 is 0 Å². The SMILES string of the molecule is O=C(Cl)c1cc(CCc2ccccc2)cc(C(=O)Cl)c1. The molecule has 0 spiro atoms. The summed E-state index contributed by atoms with van der Waals surface area (Å²) in [5, 5.41) is -1.18. The molecule has 0 N–H and O–H groups in total. The molecule has 0 heterocycles. The topological polar surface area (TPSA) is 34.1 Å². The minimum atomic E-state index is -0.592. The van der Waals surface area contributed by atoms with Gasteiger partial charge in [0.05, 0.1) is 0 Å². The van der Waals surface area contributed by atoms with Crippen molar-refractivity contribution in [1.29, 1.82) is 0 Å². The van der Waals surface area contributed by atoms with Crippen LogP contribution in [0, 0.1) is 0 Å². The van der Waals surface area contributed by atoms with E-state index in [0.717, 1.165) is 12.0 Å². The minimum Gasteiger partial charge on any atom is -0.276 e. The summed E-state index contributed by atoms with van der Waals surface area (Å²) in [6, 6.07) is 14.8. The van der Waals surface area contributed by atoms with Crippen LogP contribution in [0.2, 0.25) is 0 Å². The Morgan fingerprint density at radius 3 is 1.75 bits per heavy atom. The molecule has 0 radical (unpaired) electrons. The second-order valence-electron chi connectivity index (χ2n) is 4.45. The molecule has 0 aliphatic rings. The summed E-state index contributed by atoms with van der Waals surface area (Å²) in [5.74, 6) is 0. The van der Waals surface area contributed by atoms with Gasteiger partial charge < -0.3 is 0 Å². The van der Waals surface area contributed by atoms with E-state index in [4.69, 9.17) is 23.2 Å². The van der Waals surface area contributed by atoms with Crippen LogP contribution in [0.4, 0.5) is 0 Å². The van der Waals surface area contributed by atoms with Crippen molar-refractivity contribution in [3.8, 4) is 0 Å². The lowest BCUT2D eigenvalue weighted by molar-refractivity contribution is 0.108. The van der Waals surface area contributed by atoms with Gasteiger partial charge in [-0.3, -0.25) is 9.59 Å². The van der Waals surface area contributed by atoms with Gasteiger partial charge in [0.2, 0.25) is 0 Å². The summed E-state index contributed by atoms with van der Waals surface area (Å²) in [5.41, 5.74) is 2.64. The van der Waals surface area contributed by atoms with Gasteiger partial charge in [0.15, 0.2) is 0 Å². The summed E-state index contributed by atoms with van der Waals surface area (Å²) in [4.78, 5) is 22.5.